The molecule has 0 saturated heterocycles. The number of hydrogen-bond donors (Lipinski definition) is 2. The van der Waals surface area contributed by atoms with Crippen LogP contribution in [-0.2, 0) is 4.79 Å². The first-order valence-corrected chi connectivity index (χ1v) is 7.57. The Labute approximate surface area is 137 Å². The summed E-state index contributed by atoms with van der Waals surface area (Å²) in [4.78, 5) is 23.3. The van der Waals surface area contributed by atoms with Crippen molar-refractivity contribution in [2.24, 2.45) is 5.92 Å². The Morgan fingerprint density at radius 3 is 2.46 bits per heavy atom. The van der Waals surface area contributed by atoms with E-state index in [2.05, 4.69) is 10.1 Å². The van der Waals surface area contributed by atoms with E-state index in [1.165, 1.54) is 25.3 Å². The minimum absolute atomic E-state index is 0.0172. The van der Waals surface area contributed by atoms with Crippen molar-refractivity contribution in [2.75, 3.05) is 7.11 Å². The van der Waals surface area contributed by atoms with Crippen LogP contribution in [0.3, 0.4) is 0 Å². The van der Waals surface area contributed by atoms with Gasteiger partial charge in [0.25, 0.3) is 5.91 Å². The van der Waals surface area contributed by atoms with Crippen molar-refractivity contribution in [2.45, 2.75) is 38.3 Å². The first kappa shape index (κ1) is 18.0. The summed E-state index contributed by atoms with van der Waals surface area (Å²) < 4.78 is 34.4. The smallest absolute Gasteiger partial charge is 0.387 e. The van der Waals surface area contributed by atoms with Crippen molar-refractivity contribution < 1.29 is 33.0 Å². The summed E-state index contributed by atoms with van der Waals surface area (Å²) in [6, 6.07) is 3.88. The molecule has 0 aromatic heterocycles. The number of carbonyl (C=O) groups excluding carboxylic acids is 1. The van der Waals surface area contributed by atoms with Gasteiger partial charge in [0.1, 0.15) is 11.5 Å². The monoisotopic (exact) mass is 343 g/mol. The molecule has 2 rings (SSSR count). The number of ether oxygens (including phenoxy) is 2. The van der Waals surface area contributed by atoms with Crippen LogP contribution in [-0.4, -0.2) is 36.7 Å². The van der Waals surface area contributed by atoms with E-state index >= 15 is 0 Å². The summed E-state index contributed by atoms with van der Waals surface area (Å²) in [5.41, 5.74) is -0.0172. The first-order valence-electron chi connectivity index (χ1n) is 7.57. The van der Waals surface area contributed by atoms with E-state index in [0.717, 1.165) is 0 Å². The molecule has 6 nitrogen and oxygen atoms in total. The zero-order valence-corrected chi connectivity index (χ0v) is 13.1. The molecule has 1 aromatic rings. The number of rotatable bonds is 6. The Kier molecular flexibility index (Phi) is 5.94. The number of amides is 1. The predicted molar refractivity (Wildman–Crippen MR) is 80.5 cm³/mol. The van der Waals surface area contributed by atoms with Crippen molar-refractivity contribution >= 4 is 11.9 Å². The van der Waals surface area contributed by atoms with Crippen LogP contribution in [0.15, 0.2) is 18.2 Å². The molecule has 1 aromatic carbocycles. The average Bonchev–Trinajstić information content (AvgIpc) is 2.54. The molecule has 0 bridgehead atoms. The van der Waals surface area contributed by atoms with Gasteiger partial charge in [0.05, 0.1) is 18.6 Å². The lowest BCUT2D eigenvalue weighted by Gasteiger charge is -2.27. The van der Waals surface area contributed by atoms with Crippen molar-refractivity contribution in [1.82, 2.24) is 5.32 Å². The molecule has 1 aliphatic carbocycles. The molecular weight excluding hydrogens is 324 g/mol. The predicted octanol–water partition coefficient (Wildman–Crippen LogP) is 2.67. The third-order valence-electron chi connectivity index (χ3n) is 4.06. The maximum Gasteiger partial charge on any atom is 0.387 e. The number of alkyl halides is 2. The Morgan fingerprint density at radius 1 is 1.25 bits per heavy atom. The molecule has 132 valence electrons. The van der Waals surface area contributed by atoms with Crippen LogP contribution in [0.5, 0.6) is 11.5 Å². The number of hydrogen-bond acceptors (Lipinski definition) is 4. The fourth-order valence-corrected chi connectivity index (χ4v) is 2.76. The molecule has 1 amide bonds. The van der Waals surface area contributed by atoms with E-state index in [9.17, 15) is 18.4 Å². The number of carboxylic acid groups (broad SMARTS) is 1. The van der Waals surface area contributed by atoms with Crippen molar-refractivity contribution in [3.63, 3.8) is 0 Å². The lowest BCUT2D eigenvalue weighted by atomic mass is 9.86. The Balaban J connectivity index is 2.05. The summed E-state index contributed by atoms with van der Waals surface area (Å²) in [5, 5.41) is 11.7. The molecule has 1 saturated carbocycles. The third-order valence-corrected chi connectivity index (χ3v) is 4.06. The van der Waals surface area contributed by atoms with Crippen LogP contribution >= 0.6 is 0 Å². The van der Waals surface area contributed by atoms with E-state index in [0.29, 0.717) is 31.4 Å². The zero-order chi connectivity index (χ0) is 17.7. The van der Waals surface area contributed by atoms with Gasteiger partial charge in [-0.2, -0.15) is 8.78 Å². The molecule has 0 unspecified atom stereocenters. The number of nitrogens with one attached hydrogen (secondary N) is 1. The fourth-order valence-electron chi connectivity index (χ4n) is 2.76. The molecule has 2 N–H and O–H groups in total. The van der Waals surface area contributed by atoms with Crippen LogP contribution in [0.2, 0.25) is 0 Å². The second kappa shape index (κ2) is 7.94. The molecule has 0 aliphatic heterocycles. The van der Waals surface area contributed by atoms with E-state index in [1.54, 1.807) is 0 Å². The number of methoxy groups -OCH3 is 1. The van der Waals surface area contributed by atoms with Crippen LogP contribution in [0, 0.1) is 5.92 Å². The van der Waals surface area contributed by atoms with Crippen LogP contribution in [0.25, 0.3) is 0 Å². The molecule has 0 heterocycles. The number of halogens is 2. The molecule has 24 heavy (non-hydrogen) atoms. The van der Waals surface area contributed by atoms with E-state index in [-0.39, 0.29) is 17.4 Å². The molecule has 0 atom stereocenters. The van der Waals surface area contributed by atoms with Gasteiger partial charge in [-0.1, -0.05) is 0 Å². The van der Waals surface area contributed by atoms with Gasteiger partial charge < -0.3 is 19.9 Å². The second-order valence-electron chi connectivity index (χ2n) is 5.60. The second-order valence-corrected chi connectivity index (χ2v) is 5.60. The SMILES string of the molecule is COc1ccc(C(=O)NC2CCC(C(=O)O)CC2)c(OC(F)F)c1. The Hall–Kier alpha value is -2.38. The van der Waals surface area contributed by atoms with E-state index in [4.69, 9.17) is 9.84 Å². The lowest BCUT2D eigenvalue weighted by molar-refractivity contribution is -0.142. The van der Waals surface area contributed by atoms with Gasteiger partial charge in [-0.25, -0.2) is 0 Å². The number of carboxylic acids is 1. The topological polar surface area (TPSA) is 84.9 Å². The van der Waals surface area contributed by atoms with Gasteiger partial charge >= 0.3 is 12.6 Å². The largest absolute Gasteiger partial charge is 0.497 e. The standard InChI is InChI=1S/C16H19F2NO5/c1-23-11-6-7-12(13(8-11)24-16(17)18)14(20)19-10-4-2-9(3-5-10)15(21)22/h6-10,16H,2-5H2,1H3,(H,19,20)(H,21,22). The normalized spacial score (nSPS) is 20.5. The highest BCUT2D eigenvalue weighted by molar-refractivity contribution is 5.97. The van der Waals surface area contributed by atoms with E-state index < -0.39 is 24.4 Å². The number of benzene rings is 1. The fraction of sp³-hybridized carbons (Fsp3) is 0.500. The zero-order valence-electron chi connectivity index (χ0n) is 13.1. The summed E-state index contributed by atoms with van der Waals surface area (Å²) in [6.07, 6.45) is 2.01. The quantitative estimate of drug-likeness (QED) is 0.829. The van der Waals surface area contributed by atoms with Gasteiger partial charge in [0.2, 0.25) is 0 Å². The van der Waals surface area contributed by atoms with Gasteiger partial charge in [0.15, 0.2) is 0 Å². The van der Waals surface area contributed by atoms with Gasteiger partial charge in [-0.3, -0.25) is 9.59 Å². The maximum absolute atomic E-state index is 12.5. The molecular formula is C16H19F2NO5. The highest BCUT2D eigenvalue weighted by Crippen LogP contribution is 2.28. The third kappa shape index (κ3) is 4.56. The van der Waals surface area contributed by atoms with Gasteiger partial charge in [-0.05, 0) is 37.8 Å². The van der Waals surface area contributed by atoms with Crippen LogP contribution in [0.4, 0.5) is 8.78 Å². The number of carbonyl (C=O) groups is 2. The van der Waals surface area contributed by atoms with Gasteiger partial charge in [-0.15, -0.1) is 0 Å². The molecule has 8 heteroatoms. The summed E-state index contributed by atoms with van der Waals surface area (Å²) in [7, 11) is 1.38. The first-order chi connectivity index (χ1) is 11.4. The minimum Gasteiger partial charge on any atom is -0.497 e. The van der Waals surface area contributed by atoms with Crippen molar-refractivity contribution in [3.8, 4) is 11.5 Å². The molecule has 1 fully saturated rings. The Morgan fingerprint density at radius 2 is 1.92 bits per heavy atom. The average molecular weight is 343 g/mol. The lowest BCUT2D eigenvalue weighted by Crippen LogP contribution is -2.38. The van der Waals surface area contributed by atoms with E-state index in [1.807, 2.05) is 0 Å². The maximum atomic E-state index is 12.5. The van der Waals surface area contributed by atoms with Crippen LogP contribution in [0.1, 0.15) is 36.0 Å². The van der Waals surface area contributed by atoms with Crippen molar-refractivity contribution in [3.05, 3.63) is 23.8 Å². The Bertz CT molecular complexity index is 600. The van der Waals surface area contributed by atoms with Crippen LogP contribution < -0.4 is 14.8 Å². The summed E-state index contributed by atoms with van der Waals surface area (Å²) in [6.45, 7) is -3.06. The summed E-state index contributed by atoms with van der Waals surface area (Å²) >= 11 is 0. The van der Waals surface area contributed by atoms with Crippen molar-refractivity contribution in [1.29, 1.82) is 0 Å². The van der Waals surface area contributed by atoms with Gasteiger partial charge in [0, 0.05) is 12.1 Å². The molecule has 1 aliphatic rings. The molecule has 0 spiro atoms. The molecule has 0 radical (unpaired) electrons. The minimum atomic E-state index is -3.06. The number of aliphatic carboxylic acids is 1. The highest BCUT2D eigenvalue weighted by atomic mass is 19.3. The summed E-state index contributed by atoms with van der Waals surface area (Å²) in [5.74, 6) is -1.73. The highest BCUT2D eigenvalue weighted by Gasteiger charge is 2.27.